The van der Waals surface area contributed by atoms with Gasteiger partial charge < -0.3 is 14.5 Å². The summed E-state index contributed by atoms with van der Waals surface area (Å²) in [5.41, 5.74) is 1.95. The van der Waals surface area contributed by atoms with Gasteiger partial charge in [-0.2, -0.15) is 4.98 Å². The van der Waals surface area contributed by atoms with E-state index in [4.69, 9.17) is 9.15 Å². The summed E-state index contributed by atoms with van der Waals surface area (Å²) in [5.74, 6) is 0. The lowest BCUT2D eigenvalue weighted by atomic mass is 10.1. The topological polar surface area (TPSA) is 47.3 Å². The molecular weight excluding hydrogens is 228 g/mol. The third-order valence-corrected chi connectivity index (χ3v) is 2.63. The van der Waals surface area contributed by atoms with Gasteiger partial charge in [0.15, 0.2) is 0 Å². The van der Waals surface area contributed by atoms with E-state index in [-0.39, 0.29) is 6.10 Å². The van der Waals surface area contributed by atoms with Crippen molar-refractivity contribution in [1.82, 2.24) is 10.3 Å². The molecule has 0 radical (unpaired) electrons. The second-order valence-electron chi connectivity index (χ2n) is 4.06. The zero-order valence-electron chi connectivity index (χ0n) is 10.7. The van der Waals surface area contributed by atoms with Crippen LogP contribution in [0.15, 0.2) is 41.0 Å². The molecule has 0 bridgehead atoms. The van der Waals surface area contributed by atoms with Crippen LogP contribution in [0.4, 0.5) is 0 Å². The van der Waals surface area contributed by atoms with Gasteiger partial charge in [0.1, 0.15) is 12.4 Å². The average Bonchev–Trinajstić information content (AvgIpc) is 2.85. The van der Waals surface area contributed by atoms with Gasteiger partial charge in [0.2, 0.25) is 0 Å². The van der Waals surface area contributed by atoms with Crippen LogP contribution in [-0.2, 0) is 6.54 Å². The number of rotatable bonds is 6. The number of benzene rings is 1. The van der Waals surface area contributed by atoms with E-state index in [1.54, 1.807) is 6.26 Å². The minimum Gasteiger partial charge on any atom is -0.442 e. The molecule has 0 spiro atoms. The summed E-state index contributed by atoms with van der Waals surface area (Å²) in [6, 6.07) is 10.00. The number of nitrogens with one attached hydrogen (secondary N) is 1. The molecule has 1 N–H and O–H groups in total. The highest BCUT2D eigenvalue weighted by molar-refractivity contribution is 5.17. The van der Waals surface area contributed by atoms with Crippen LogP contribution in [0.2, 0.25) is 0 Å². The zero-order valence-corrected chi connectivity index (χ0v) is 10.7. The summed E-state index contributed by atoms with van der Waals surface area (Å²) < 4.78 is 10.9. The second kappa shape index (κ2) is 6.21. The van der Waals surface area contributed by atoms with Crippen molar-refractivity contribution in [2.75, 3.05) is 6.54 Å². The molecule has 4 heteroatoms. The fraction of sp³-hybridized carbons (Fsp3) is 0.357. The van der Waals surface area contributed by atoms with E-state index in [1.807, 2.05) is 37.3 Å². The Balaban J connectivity index is 1.95. The molecule has 1 aromatic carbocycles. The molecular formula is C14H18N2O2. The summed E-state index contributed by atoms with van der Waals surface area (Å²) in [6.45, 7) is 5.63. The molecule has 0 saturated heterocycles. The Bertz CT molecular complexity index is 468. The predicted octanol–water partition coefficient (Wildman–Crippen LogP) is 2.92. The van der Waals surface area contributed by atoms with E-state index < -0.39 is 0 Å². The first-order valence-corrected chi connectivity index (χ1v) is 6.16. The van der Waals surface area contributed by atoms with E-state index in [1.165, 1.54) is 0 Å². The zero-order chi connectivity index (χ0) is 12.8. The minimum absolute atomic E-state index is 0.0724. The first kappa shape index (κ1) is 12.6. The number of hydrogen-bond acceptors (Lipinski definition) is 4. The standard InChI is InChI=1S/C14H18N2O2/c1-3-15-9-13-10-17-14(16-13)18-11(2)12-7-5-4-6-8-12/h4-8,10-11,15H,3,9H2,1-2H3. The molecule has 0 saturated carbocycles. The van der Waals surface area contributed by atoms with E-state index >= 15 is 0 Å². The normalized spacial score (nSPS) is 12.3. The van der Waals surface area contributed by atoms with E-state index in [0.717, 1.165) is 17.8 Å². The van der Waals surface area contributed by atoms with Crippen LogP contribution in [0, 0.1) is 0 Å². The maximum Gasteiger partial charge on any atom is 0.394 e. The largest absolute Gasteiger partial charge is 0.442 e. The van der Waals surface area contributed by atoms with Crippen LogP contribution in [-0.4, -0.2) is 11.5 Å². The Kier molecular flexibility index (Phi) is 4.36. The van der Waals surface area contributed by atoms with Crippen molar-refractivity contribution < 1.29 is 9.15 Å². The first-order chi connectivity index (χ1) is 8.79. The molecule has 1 aromatic heterocycles. The second-order valence-corrected chi connectivity index (χ2v) is 4.06. The third kappa shape index (κ3) is 3.34. The Morgan fingerprint density at radius 3 is 2.83 bits per heavy atom. The molecule has 0 aliphatic rings. The SMILES string of the molecule is CCNCc1coc(OC(C)c2ccccc2)n1. The van der Waals surface area contributed by atoms with Gasteiger partial charge in [-0.25, -0.2) is 0 Å². The molecule has 0 amide bonds. The Labute approximate surface area is 107 Å². The number of nitrogens with zero attached hydrogens (tertiary/aromatic N) is 1. The van der Waals surface area contributed by atoms with Gasteiger partial charge in [-0.1, -0.05) is 37.3 Å². The Hall–Kier alpha value is -1.81. The van der Waals surface area contributed by atoms with Crippen molar-refractivity contribution in [3.8, 4) is 6.08 Å². The van der Waals surface area contributed by atoms with Gasteiger partial charge >= 0.3 is 6.08 Å². The van der Waals surface area contributed by atoms with Gasteiger partial charge in [0.25, 0.3) is 0 Å². The number of aromatic nitrogens is 1. The van der Waals surface area contributed by atoms with Crippen molar-refractivity contribution in [1.29, 1.82) is 0 Å². The van der Waals surface area contributed by atoms with Crippen LogP contribution in [0.5, 0.6) is 6.08 Å². The van der Waals surface area contributed by atoms with Gasteiger partial charge in [0, 0.05) is 6.54 Å². The van der Waals surface area contributed by atoms with Gasteiger partial charge in [0.05, 0.1) is 5.69 Å². The van der Waals surface area contributed by atoms with Gasteiger partial charge in [-0.05, 0) is 19.0 Å². The highest BCUT2D eigenvalue weighted by Gasteiger charge is 2.11. The number of ether oxygens (including phenoxy) is 1. The van der Waals surface area contributed by atoms with Crippen molar-refractivity contribution in [3.63, 3.8) is 0 Å². The lowest BCUT2D eigenvalue weighted by Gasteiger charge is -2.10. The minimum atomic E-state index is -0.0724. The van der Waals surface area contributed by atoms with Crippen LogP contribution in [0.25, 0.3) is 0 Å². The Morgan fingerprint density at radius 1 is 1.33 bits per heavy atom. The number of oxazole rings is 1. The molecule has 1 atom stereocenters. The van der Waals surface area contributed by atoms with Crippen LogP contribution >= 0.6 is 0 Å². The lowest BCUT2D eigenvalue weighted by molar-refractivity contribution is 0.163. The predicted molar refractivity (Wildman–Crippen MR) is 69.4 cm³/mol. The summed E-state index contributed by atoms with van der Waals surface area (Å²) in [4.78, 5) is 4.26. The number of hydrogen-bond donors (Lipinski definition) is 1. The third-order valence-electron chi connectivity index (χ3n) is 2.63. The van der Waals surface area contributed by atoms with Crippen molar-refractivity contribution >= 4 is 0 Å². The summed E-state index contributed by atoms with van der Waals surface area (Å²) in [5, 5.41) is 3.18. The fourth-order valence-corrected chi connectivity index (χ4v) is 1.62. The monoisotopic (exact) mass is 246 g/mol. The van der Waals surface area contributed by atoms with E-state index in [9.17, 15) is 0 Å². The van der Waals surface area contributed by atoms with Crippen LogP contribution < -0.4 is 10.1 Å². The molecule has 0 aliphatic heterocycles. The molecule has 4 nitrogen and oxygen atoms in total. The molecule has 18 heavy (non-hydrogen) atoms. The van der Waals surface area contributed by atoms with E-state index in [2.05, 4.69) is 17.2 Å². The fourth-order valence-electron chi connectivity index (χ4n) is 1.62. The molecule has 2 aromatic rings. The highest BCUT2D eigenvalue weighted by atomic mass is 16.6. The summed E-state index contributed by atoms with van der Waals surface area (Å²) in [6.07, 6.45) is 1.87. The first-order valence-electron chi connectivity index (χ1n) is 6.16. The maximum absolute atomic E-state index is 5.66. The van der Waals surface area contributed by atoms with Crippen molar-refractivity contribution in [2.45, 2.75) is 26.5 Å². The van der Waals surface area contributed by atoms with Crippen molar-refractivity contribution in [2.24, 2.45) is 0 Å². The highest BCUT2D eigenvalue weighted by Crippen LogP contribution is 2.20. The van der Waals surface area contributed by atoms with Crippen molar-refractivity contribution in [3.05, 3.63) is 47.9 Å². The molecule has 96 valence electrons. The molecule has 1 unspecified atom stereocenters. The quantitative estimate of drug-likeness (QED) is 0.851. The average molecular weight is 246 g/mol. The van der Waals surface area contributed by atoms with Crippen LogP contribution in [0.1, 0.15) is 31.2 Å². The molecule has 0 fully saturated rings. The molecule has 1 heterocycles. The van der Waals surface area contributed by atoms with Gasteiger partial charge in [-0.15, -0.1) is 0 Å². The summed E-state index contributed by atoms with van der Waals surface area (Å²) in [7, 11) is 0. The molecule has 0 aliphatic carbocycles. The molecule has 2 rings (SSSR count). The van der Waals surface area contributed by atoms with Crippen LogP contribution in [0.3, 0.4) is 0 Å². The Morgan fingerprint density at radius 2 is 2.11 bits per heavy atom. The maximum atomic E-state index is 5.66. The smallest absolute Gasteiger partial charge is 0.394 e. The van der Waals surface area contributed by atoms with E-state index in [0.29, 0.717) is 12.6 Å². The summed E-state index contributed by atoms with van der Waals surface area (Å²) >= 11 is 0. The van der Waals surface area contributed by atoms with Gasteiger partial charge in [-0.3, -0.25) is 0 Å². The lowest BCUT2D eigenvalue weighted by Crippen LogP contribution is -2.11.